The van der Waals surface area contributed by atoms with E-state index in [0.717, 1.165) is 49.8 Å². The van der Waals surface area contributed by atoms with E-state index in [1.54, 1.807) is 0 Å². The lowest BCUT2D eigenvalue weighted by Gasteiger charge is -2.12. The van der Waals surface area contributed by atoms with Crippen molar-refractivity contribution in [3.63, 3.8) is 0 Å². The summed E-state index contributed by atoms with van der Waals surface area (Å²) in [6.45, 7) is 0. The summed E-state index contributed by atoms with van der Waals surface area (Å²) in [5.41, 5.74) is 11.4. The number of rotatable bonds is 6. The third-order valence-electron chi connectivity index (χ3n) is 10.6. The van der Waals surface area contributed by atoms with Crippen LogP contribution in [-0.2, 0) is 0 Å². The second-order valence-electron chi connectivity index (χ2n) is 14.0. The van der Waals surface area contributed by atoms with Gasteiger partial charge in [0.05, 0.1) is 0 Å². The van der Waals surface area contributed by atoms with E-state index >= 15 is 0 Å². The van der Waals surface area contributed by atoms with Gasteiger partial charge in [-0.3, -0.25) is 0 Å². The summed E-state index contributed by atoms with van der Waals surface area (Å²) < 4.78 is 9.14. The molecular weight excluding hydrogens is 703 g/mol. The van der Waals surface area contributed by atoms with E-state index in [9.17, 15) is 0 Å². The van der Waals surface area contributed by atoms with Gasteiger partial charge in [-0.2, -0.15) is 0 Å². The van der Waals surface area contributed by atoms with Crippen LogP contribution in [0.25, 0.3) is 110 Å². The van der Waals surface area contributed by atoms with Gasteiger partial charge in [0, 0.05) is 47.6 Å². The van der Waals surface area contributed by atoms with E-state index < -0.39 is 0 Å². The highest BCUT2D eigenvalue weighted by atomic mass is 32.1. The van der Waals surface area contributed by atoms with Crippen molar-refractivity contribution in [3.05, 3.63) is 188 Å². The molecule has 56 heavy (non-hydrogen) atoms. The highest BCUT2D eigenvalue weighted by Gasteiger charge is 2.18. The normalized spacial score (nSPS) is 11.6. The molecule has 0 radical (unpaired) electrons. The number of thiophene rings is 1. The Morgan fingerprint density at radius 3 is 1.66 bits per heavy atom. The van der Waals surface area contributed by atoms with E-state index in [1.165, 1.54) is 42.4 Å². The quantitative estimate of drug-likeness (QED) is 0.171. The molecule has 0 saturated heterocycles. The highest BCUT2D eigenvalue weighted by molar-refractivity contribution is 7.25. The zero-order valence-corrected chi connectivity index (χ0v) is 30.9. The second-order valence-corrected chi connectivity index (χ2v) is 15.0. The SMILES string of the molecule is c1ccc(-c2ccc(-c3nc(-c4ccccc4)nc(-c4ccc5c(c4)oc4ccc(-c6ccccc6-c6cccc7sc8ccccc8c67)cc45)n3)cc2)cc1. The molecule has 0 N–H and O–H groups in total. The number of fused-ring (bicyclic) bond motifs is 6. The fourth-order valence-electron chi connectivity index (χ4n) is 7.85. The van der Waals surface area contributed by atoms with Gasteiger partial charge in [-0.1, -0.05) is 152 Å². The molecule has 0 bridgehead atoms. The summed E-state index contributed by atoms with van der Waals surface area (Å²) >= 11 is 1.85. The molecule has 8 aromatic carbocycles. The maximum atomic E-state index is 6.53. The third-order valence-corrected chi connectivity index (χ3v) is 11.7. The fourth-order valence-corrected chi connectivity index (χ4v) is 8.98. The van der Waals surface area contributed by atoms with Gasteiger partial charge in [0.2, 0.25) is 0 Å². The molecule has 0 aliphatic carbocycles. The summed E-state index contributed by atoms with van der Waals surface area (Å²) in [6.07, 6.45) is 0. The van der Waals surface area contributed by atoms with Gasteiger partial charge in [-0.25, -0.2) is 15.0 Å². The summed E-state index contributed by atoms with van der Waals surface area (Å²) in [6, 6.07) is 65.7. The second kappa shape index (κ2) is 13.3. The molecule has 0 saturated carbocycles. The van der Waals surface area contributed by atoms with Crippen LogP contribution in [0.4, 0.5) is 0 Å². The molecule has 0 aliphatic heterocycles. The summed E-state index contributed by atoms with van der Waals surface area (Å²) in [5.74, 6) is 1.83. The molecule has 0 amide bonds. The Balaban J connectivity index is 1.00. The van der Waals surface area contributed by atoms with Gasteiger partial charge in [0.15, 0.2) is 17.5 Å². The monoisotopic (exact) mass is 733 g/mol. The number of nitrogens with zero attached hydrogens (tertiary/aromatic N) is 3. The van der Waals surface area contributed by atoms with E-state index in [0.29, 0.717) is 17.5 Å². The average Bonchev–Trinajstić information content (AvgIpc) is 3.85. The Bertz CT molecular complexity index is 3240. The lowest BCUT2D eigenvalue weighted by molar-refractivity contribution is 0.669. The number of furan rings is 1. The predicted molar refractivity (Wildman–Crippen MR) is 233 cm³/mol. The van der Waals surface area contributed by atoms with E-state index in [2.05, 4.69) is 152 Å². The standard InChI is InChI=1S/C51H31N3OS/c1-3-12-32(13-4-1)33-22-24-35(25-23-33)50-52-49(34-14-5-2-6-15-34)53-51(54-50)37-26-28-40-43-30-36(27-29-44(43)55-45(40)31-37)38-16-7-8-17-39(38)41-19-11-21-47-48(41)42-18-9-10-20-46(42)56-47/h1-31H. The van der Waals surface area contributed by atoms with Gasteiger partial charge in [0.25, 0.3) is 0 Å². The van der Waals surface area contributed by atoms with Crippen molar-refractivity contribution in [2.45, 2.75) is 0 Å². The number of hydrogen-bond donors (Lipinski definition) is 0. The first kappa shape index (κ1) is 32.2. The molecule has 3 aromatic heterocycles. The average molecular weight is 734 g/mol. The molecule has 0 atom stereocenters. The summed E-state index contributed by atoms with van der Waals surface area (Å²) in [7, 11) is 0. The van der Waals surface area contributed by atoms with E-state index in [4.69, 9.17) is 19.4 Å². The lowest BCUT2D eigenvalue weighted by atomic mass is 9.91. The summed E-state index contributed by atoms with van der Waals surface area (Å²) in [5, 5.41) is 4.72. The minimum atomic E-state index is 0.591. The third kappa shape index (κ3) is 5.56. The molecule has 4 nitrogen and oxygen atoms in total. The zero-order valence-electron chi connectivity index (χ0n) is 30.1. The summed E-state index contributed by atoms with van der Waals surface area (Å²) in [4.78, 5) is 15.0. The molecule has 5 heteroatoms. The van der Waals surface area contributed by atoms with Crippen LogP contribution in [0.15, 0.2) is 192 Å². The molecule has 11 rings (SSSR count). The zero-order chi connectivity index (χ0) is 37.0. The maximum Gasteiger partial charge on any atom is 0.164 e. The van der Waals surface area contributed by atoms with Crippen molar-refractivity contribution in [3.8, 4) is 67.5 Å². The Morgan fingerprint density at radius 1 is 0.321 bits per heavy atom. The van der Waals surface area contributed by atoms with Crippen LogP contribution in [0.2, 0.25) is 0 Å². The minimum Gasteiger partial charge on any atom is -0.456 e. The Kier molecular flexibility index (Phi) is 7.64. The van der Waals surface area contributed by atoms with Crippen LogP contribution >= 0.6 is 11.3 Å². The number of benzene rings is 8. The highest BCUT2D eigenvalue weighted by Crippen LogP contribution is 2.44. The molecule has 262 valence electrons. The van der Waals surface area contributed by atoms with Crippen LogP contribution in [0.1, 0.15) is 0 Å². The van der Waals surface area contributed by atoms with Gasteiger partial charge >= 0.3 is 0 Å². The number of hydrogen-bond acceptors (Lipinski definition) is 5. The molecule has 0 unspecified atom stereocenters. The first-order chi connectivity index (χ1) is 27.7. The van der Waals surface area contributed by atoms with Gasteiger partial charge < -0.3 is 4.42 Å². The van der Waals surface area contributed by atoms with Gasteiger partial charge in [-0.15, -0.1) is 11.3 Å². The fraction of sp³-hybridized carbons (Fsp3) is 0. The van der Waals surface area contributed by atoms with Crippen molar-refractivity contribution >= 4 is 53.4 Å². The molecule has 0 spiro atoms. The maximum absolute atomic E-state index is 6.53. The van der Waals surface area contributed by atoms with Crippen LogP contribution in [0.5, 0.6) is 0 Å². The topological polar surface area (TPSA) is 51.8 Å². The van der Waals surface area contributed by atoms with Crippen molar-refractivity contribution in [1.29, 1.82) is 0 Å². The molecule has 0 aliphatic rings. The van der Waals surface area contributed by atoms with Gasteiger partial charge in [0.1, 0.15) is 11.2 Å². The van der Waals surface area contributed by atoms with Crippen LogP contribution in [0.3, 0.4) is 0 Å². The molecule has 11 aromatic rings. The van der Waals surface area contributed by atoms with Crippen LogP contribution in [0, 0.1) is 0 Å². The molecule has 3 heterocycles. The predicted octanol–water partition coefficient (Wildman–Crippen LogP) is 14.1. The lowest BCUT2D eigenvalue weighted by Crippen LogP contribution is -2.00. The Morgan fingerprint density at radius 2 is 0.875 bits per heavy atom. The first-order valence-corrected chi connectivity index (χ1v) is 19.5. The largest absolute Gasteiger partial charge is 0.456 e. The van der Waals surface area contributed by atoms with Crippen molar-refractivity contribution < 1.29 is 4.42 Å². The Labute approximate surface area is 327 Å². The van der Waals surface area contributed by atoms with Crippen molar-refractivity contribution in [2.24, 2.45) is 0 Å². The van der Waals surface area contributed by atoms with Crippen molar-refractivity contribution in [1.82, 2.24) is 15.0 Å². The van der Waals surface area contributed by atoms with Crippen LogP contribution in [-0.4, -0.2) is 15.0 Å². The molecular formula is C51H31N3OS. The van der Waals surface area contributed by atoms with Crippen LogP contribution < -0.4 is 0 Å². The smallest absolute Gasteiger partial charge is 0.164 e. The van der Waals surface area contributed by atoms with Gasteiger partial charge in [-0.05, 0) is 69.8 Å². The Hall–Kier alpha value is -7.21. The first-order valence-electron chi connectivity index (χ1n) is 18.7. The van der Waals surface area contributed by atoms with Crippen molar-refractivity contribution in [2.75, 3.05) is 0 Å². The molecule has 0 fully saturated rings. The minimum absolute atomic E-state index is 0.591. The van der Waals surface area contributed by atoms with E-state index in [-0.39, 0.29) is 0 Å². The number of aromatic nitrogens is 3. The van der Waals surface area contributed by atoms with E-state index in [1.807, 2.05) is 47.7 Å².